The Balaban J connectivity index is 2.23. The largest absolute Gasteiger partial charge is 0.503 e. The molecule has 0 fully saturated rings. The van der Waals surface area contributed by atoms with Crippen LogP contribution >= 0.6 is 27.5 Å². The molecule has 2 rings (SSSR count). The van der Waals surface area contributed by atoms with E-state index in [1.54, 1.807) is 30.3 Å². The summed E-state index contributed by atoms with van der Waals surface area (Å²) in [7, 11) is 1.44. The molecule has 0 amide bonds. The lowest BCUT2D eigenvalue weighted by Gasteiger charge is -2.06. The molecule has 0 aliphatic heterocycles. The highest BCUT2D eigenvalue weighted by Gasteiger charge is 2.08. The van der Waals surface area contributed by atoms with Crippen LogP contribution in [0, 0.1) is 0 Å². The minimum absolute atomic E-state index is 0.115. The van der Waals surface area contributed by atoms with Gasteiger partial charge in [-0.25, -0.2) is 0 Å². The first kappa shape index (κ1) is 15.6. The molecule has 1 N–H and O–H groups in total. The monoisotopic (exact) mass is 366 g/mol. The second-order valence-electron chi connectivity index (χ2n) is 4.26. The van der Waals surface area contributed by atoms with E-state index in [1.807, 2.05) is 12.1 Å². The molecule has 5 heteroatoms. The van der Waals surface area contributed by atoms with Crippen LogP contribution in [0.1, 0.15) is 15.9 Å². The molecule has 21 heavy (non-hydrogen) atoms. The van der Waals surface area contributed by atoms with Gasteiger partial charge in [-0.1, -0.05) is 33.6 Å². The Labute approximate surface area is 135 Å². The molecule has 0 atom stereocenters. The highest BCUT2D eigenvalue weighted by atomic mass is 79.9. The number of ketones is 1. The average Bonchev–Trinajstić information content (AvgIpc) is 2.48. The van der Waals surface area contributed by atoms with E-state index in [4.69, 9.17) is 16.3 Å². The van der Waals surface area contributed by atoms with Crippen LogP contribution in [0.2, 0.25) is 5.02 Å². The van der Waals surface area contributed by atoms with Gasteiger partial charge in [-0.05, 0) is 48.0 Å². The molecule has 0 aromatic heterocycles. The van der Waals surface area contributed by atoms with Crippen molar-refractivity contribution in [1.82, 2.24) is 0 Å². The average molecular weight is 368 g/mol. The van der Waals surface area contributed by atoms with E-state index < -0.39 is 0 Å². The first-order valence-corrected chi connectivity index (χ1v) is 7.23. The van der Waals surface area contributed by atoms with Gasteiger partial charge in [0.2, 0.25) is 0 Å². The first-order valence-electron chi connectivity index (χ1n) is 6.05. The number of allylic oxidation sites excluding steroid dienone is 1. The minimum Gasteiger partial charge on any atom is -0.503 e. The Bertz CT molecular complexity index is 693. The predicted octanol–water partition coefficient (Wildman–Crippen LogP) is 4.71. The van der Waals surface area contributed by atoms with E-state index in [2.05, 4.69) is 15.9 Å². The Morgan fingerprint density at radius 1 is 1.29 bits per heavy atom. The van der Waals surface area contributed by atoms with Crippen molar-refractivity contribution in [3.8, 4) is 11.5 Å². The smallest absolute Gasteiger partial charge is 0.185 e. The van der Waals surface area contributed by atoms with Gasteiger partial charge in [0.25, 0.3) is 0 Å². The van der Waals surface area contributed by atoms with Gasteiger partial charge in [0.1, 0.15) is 0 Å². The van der Waals surface area contributed by atoms with Crippen molar-refractivity contribution < 1.29 is 14.6 Å². The minimum atomic E-state index is -0.120. The van der Waals surface area contributed by atoms with E-state index in [0.717, 1.165) is 4.47 Å². The highest BCUT2D eigenvalue weighted by molar-refractivity contribution is 9.10. The maximum Gasteiger partial charge on any atom is 0.185 e. The fourth-order valence-electron chi connectivity index (χ4n) is 1.73. The summed E-state index contributed by atoms with van der Waals surface area (Å²) >= 11 is 9.21. The van der Waals surface area contributed by atoms with Gasteiger partial charge in [-0.15, -0.1) is 0 Å². The van der Waals surface area contributed by atoms with Gasteiger partial charge >= 0.3 is 0 Å². The van der Waals surface area contributed by atoms with Crippen LogP contribution in [-0.2, 0) is 0 Å². The maximum absolute atomic E-state index is 12.0. The summed E-state index contributed by atoms with van der Waals surface area (Å²) in [6, 6.07) is 10.3. The third kappa shape index (κ3) is 3.86. The standard InChI is InChI=1S/C16H12BrClO3/c1-21-15-9-10(8-13(18)16(15)20)2-7-14(19)11-3-5-12(17)6-4-11/h2-9,20H,1H3/b7-2+. The molecule has 0 saturated heterocycles. The van der Waals surface area contributed by atoms with Crippen LogP contribution < -0.4 is 4.74 Å². The van der Waals surface area contributed by atoms with E-state index in [-0.39, 0.29) is 22.3 Å². The van der Waals surface area contributed by atoms with Crippen LogP contribution in [0.4, 0.5) is 0 Å². The summed E-state index contributed by atoms with van der Waals surface area (Å²) in [4.78, 5) is 12.0. The van der Waals surface area contributed by atoms with Gasteiger partial charge in [0.05, 0.1) is 12.1 Å². The van der Waals surface area contributed by atoms with Crippen LogP contribution in [0.15, 0.2) is 46.9 Å². The lowest BCUT2D eigenvalue weighted by atomic mass is 10.1. The molecule has 0 unspecified atom stereocenters. The van der Waals surface area contributed by atoms with Crippen molar-refractivity contribution in [3.05, 3.63) is 63.1 Å². The fourth-order valence-corrected chi connectivity index (χ4v) is 2.21. The number of methoxy groups -OCH3 is 1. The van der Waals surface area contributed by atoms with Crippen molar-refractivity contribution in [3.63, 3.8) is 0 Å². The quantitative estimate of drug-likeness (QED) is 0.628. The molecule has 0 aliphatic rings. The number of carbonyl (C=O) groups excluding carboxylic acids is 1. The summed E-state index contributed by atoms with van der Waals surface area (Å²) < 4.78 is 5.93. The normalized spacial score (nSPS) is 10.8. The summed E-state index contributed by atoms with van der Waals surface area (Å²) in [5, 5.41) is 9.82. The molecule has 2 aromatic carbocycles. The zero-order chi connectivity index (χ0) is 15.4. The van der Waals surface area contributed by atoms with Crippen LogP contribution in [0.25, 0.3) is 6.08 Å². The number of hydrogen-bond acceptors (Lipinski definition) is 3. The molecule has 0 bridgehead atoms. The molecule has 108 valence electrons. The summed E-state index contributed by atoms with van der Waals surface area (Å²) in [6.45, 7) is 0. The number of hydrogen-bond donors (Lipinski definition) is 1. The van der Waals surface area contributed by atoms with Crippen molar-refractivity contribution in [1.29, 1.82) is 0 Å². The Morgan fingerprint density at radius 2 is 1.95 bits per heavy atom. The van der Waals surface area contributed by atoms with Crippen molar-refractivity contribution in [2.24, 2.45) is 0 Å². The third-order valence-electron chi connectivity index (χ3n) is 2.83. The third-order valence-corrected chi connectivity index (χ3v) is 3.64. The Kier molecular flexibility index (Phi) is 5.04. The number of ether oxygens (including phenoxy) is 1. The second-order valence-corrected chi connectivity index (χ2v) is 5.58. The predicted molar refractivity (Wildman–Crippen MR) is 87.2 cm³/mol. The number of phenols is 1. The van der Waals surface area contributed by atoms with Gasteiger partial charge in [-0.3, -0.25) is 4.79 Å². The van der Waals surface area contributed by atoms with E-state index >= 15 is 0 Å². The molecule has 0 aliphatic carbocycles. The molecule has 0 heterocycles. The zero-order valence-corrected chi connectivity index (χ0v) is 13.5. The number of aromatic hydroxyl groups is 1. The number of halogens is 2. The lowest BCUT2D eigenvalue weighted by Crippen LogP contribution is -1.93. The summed E-state index contributed by atoms with van der Waals surface area (Å²) in [5.41, 5.74) is 1.26. The van der Waals surface area contributed by atoms with Crippen LogP contribution in [0.3, 0.4) is 0 Å². The lowest BCUT2D eigenvalue weighted by molar-refractivity contribution is 0.104. The van der Waals surface area contributed by atoms with Crippen molar-refractivity contribution in [2.45, 2.75) is 0 Å². The van der Waals surface area contributed by atoms with E-state index in [1.165, 1.54) is 13.2 Å². The van der Waals surface area contributed by atoms with Gasteiger partial charge in [0.15, 0.2) is 17.3 Å². The van der Waals surface area contributed by atoms with Gasteiger partial charge in [0, 0.05) is 10.0 Å². The van der Waals surface area contributed by atoms with Crippen molar-refractivity contribution in [2.75, 3.05) is 7.11 Å². The van der Waals surface area contributed by atoms with E-state index in [0.29, 0.717) is 11.1 Å². The SMILES string of the molecule is COc1cc(/C=C/C(=O)c2ccc(Br)cc2)cc(Cl)c1O. The van der Waals surface area contributed by atoms with Crippen LogP contribution in [0.5, 0.6) is 11.5 Å². The molecule has 0 saturated carbocycles. The van der Waals surface area contributed by atoms with Crippen molar-refractivity contribution >= 4 is 39.4 Å². The molecule has 0 radical (unpaired) electrons. The van der Waals surface area contributed by atoms with Gasteiger partial charge in [-0.2, -0.15) is 0 Å². The fraction of sp³-hybridized carbons (Fsp3) is 0.0625. The molecule has 2 aromatic rings. The highest BCUT2D eigenvalue weighted by Crippen LogP contribution is 2.35. The second kappa shape index (κ2) is 6.78. The maximum atomic E-state index is 12.0. The number of phenolic OH excluding ortho intramolecular Hbond substituents is 1. The molecular weight excluding hydrogens is 356 g/mol. The number of rotatable bonds is 4. The van der Waals surface area contributed by atoms with E-state index in [9.17, 15) is 9.90 Å². The number of benzene rings is 2. The Morgan fingerprint density at radius 3 is 2.57 bits per heavy atom. The molecule has 3 nitrogen and oxygen atoms in total. The summed E-state index contributed by atoms with van der Waals surface area (Å²) in [6.07, 6.45) is 3.07. The zero-order valence-electron chi connectivity index (χ0n) is 11.1. The molecular formula is C16H12BrClO3. The number of carbonyl (C=O) groups is 1. The molecule has 0 spiro atoms. The Hall–Kier alpha value is -1.78. The van der Waals surface area contributed by atoms with Crippen LogP contribution in [-0.4, -0.2) is 18.0 Å². The van der Waals surface area contributed by atoms with Gasteiger partial charge < -0.3 is 9.84 Å². The topological polar surface area (TPSA) is 46.5 Å². The summed E-state index contributed by atoms with van der Waals surface area (Å²) in [5.74, 6) is 0.0273. The first-order chi connectivity index (χ1) is 10.0.